The van der Waals surface area contributed by atoms with E-state index in [-0.39, 0.29) is 16.6 Å². The van der Waals surface area contributed by atoms with Crippen molar-refractivity contribution in [2.75, 3.05) is 12.3 Å². The minimum Gasteiger partial charge on any atom is -0.616 e. The van der Waals surface area contributed by atoms with E-state index >= 15 is 0 Å². The van der Waals surface area contributed by atoms with E-state index in [0.29, 0.717) is 24.3 Å². The van der Waals surface area contributed by atoms with Crippen molar-refractivity contribution in [1.82, 2.24) is 4.90 Å². The number of carbonyl (C=O) groups is 2. The van der Waals surface area contributed by atoms with Crippen LogP contribution in [0, 0.1) is 0 Å². The predicted octanol–water partition coefficient (Wildman–Crippen LogP) is 2.88. The van der Waals surface area contributed by atoms with Gasteiger partial charge in [0.15, 0.2) is 0 Å². The van der Waals surface area contributed by atoms with Crippen LogP contribution in [0.4, 0.5) is 0 Å². The highest BCUT2D eigenvalue weighted by Crippen LogP contribution is 2.34. The van der Waals surface area contributed by atoms with Crippen LogP contribution in [0.5, 0.6) is 0 Å². The largest absolute Gasteiger partial charge is 0.616 e. The Hall–Kier alpha value is -1.33. The molecule has 0 fully saturated rings. The van der Waals surface area contributed by atoms with E-state index in [1.54, 1.807) is 6.07 Å². The van der Waals surface area contributed by atoms with Gasteiger partial charge < -0.3 is 4.55 Å². The predicted molar refractivity (Wildman–Crippen MR) is 92.9 cm³/mol. The fraction of sp³-hybridized carbons (Fsp3) is 0.556. The van der Waals surface area contributed by atoms with Gasteiger partial charge in [-0.2, -0.15) is 0 Å². The second-order valence-electron chi connectivity index (χ2n) is 7.45. The van der Waals surface area contributed by atoms with Crippen LogP contribution < -0.4 is 0 Å². The lowest BCUT2D eigenvalue weighted by Crippen LogP contribution is -2.52. The van der Waals surface area contributed by atoms with E-state index in [2.05, 4.69) is 0 Å². The lowest BCUT2D eigenvalue weighted by Gasteiger charge is -2.37. The number of rotatable bonds is 4. The van der Waals surface area contributed by atoms with Crippen LogP contribution in [0.25, 0.3) is 0 Å². The molecule has 1 unspecified atom stereocenters. The van der Waals surface area contributed by atoms with Gasteiger partial charge in [-0.25, -0.2) is 0 Å². The van der Waals surface area contributed by atoms with Gasteiger partial charge in [-0.15, -0.1) is 0 Å². The van der Waals surface area contributed by atoms with Crippen molar-refractivity contribution in [1.29, 1.82) is 0 Å². The molecular weight excluding hydrogens is 310 g/mol. The number of benzene rings is 1. The Labute approximate surface area is 141 Å². The topological polar surface area (TPSA) is 60.4 Å². The highest BCUT2D eigenvalue weighted by Gasteiger charge is 2.44. The van der Waals surface area contributed by atoms with E-state index in [9.17, 15) is 14.1 Å². The number of hydrogen-bond acceptors (Lipinski definition) is 3. The van der Waals surface area contributed by atoms with Gasteiger partial charge in [0.2, 0.25) is 5.91 Å². The maximum absolute atomic E-state index is 12.7. The van der Waals surface area contributed by atoms with Gasteiger partial charge in [0, 0.05) is 18.5 Å². The maximum Gasteiger partial charge on any atom is 0.260 e. The van der Waals surface area contributed by atoms with Gasteiger partial charge in [-0.05, 0) is 57.4 Å². The summed E-state index contributed by atoms with van der Waals surface area (Å²) >= 11 is -0.978. The van der Waals surface area contributed by atoms with Gasteiger partial charge in [0.1, 0.15) is 10.5 Å². The molecule has 0 N–H and O–H groups in total. The van der Waals surface area contributed by atoms with Gasteiger partial charge in [0.25, 0.3) is 5.91 Å². The fourth-order valence-corrected chi connectivity index (χ4v) is 3.77. The normalized spacial score (nSPS) is 18.8. The summed E-state index contributed by atoms with van der Waals surface area (Å²) in [7, 11) is 0. The highest BCUT2D eigenvalue weighted by molar-refractivity contribution is 7.92. The summed E-state index contributed by atoms with van der Waals surface area (Å²) in [5, 5.41) is 0. The fourth-order valence-electron chi connectivity index (χ4n) is 2.77. The molecule has 0 bridgehead atoms. The van der Waals surface area contributed by atoms with E-state index in [0.717, 1.165) is 5.56 Å². The van der Waals surface area contributed by atoms with Gasteiger partial charge in [-0.3, -0.25) is 14.5 Å². The van der Waals surface area contributed by atoms with Crippen LogP contribution in [0.2, 0.25) is 0 Å². The lowest BCUT2D eigenvalue weighted by atomic mass is 9.77. The Bertz CT molecular complexity index is 619. The first kappa shape index (κ1) is 18.0. The summed E-state index contributed by atoms with van der Waals surface area (Å²) in [4.78, 5) is 26.7. The summed E-state index contributed by atoms with van der Waals surface area (Å²) in [6.45, 7) is 9.80. The second-order valence-corrected chi connectivity index (χ2v) is 9.77. The van der Waals surface area contributed by atoms with E-state index in [1.807, 2.05) is 52.8 Å². The van der Waals surface area contributed by atoms with Gasteiger partial charge in [0.05, 0.1) is 5.41 Å². The monoisotopic (exact) mass is 335 g/mol. The number of fused-ring (bicyclic) bond motifs is 1. The number of carbonyl (C=O) groups excluding carboxylic acids is 2. The van der Waals surface area contributed by atoms with Crippen molar-refractivity contribution in [3.05, 3.63) is 35.4 Å². The summed E-state index contributed by atoms with van der Waals surface area (Å²) in [5.74, 6) is 0.0667. The molecule has 1 heterocycles. The Morgan fingerprint density at radius 3 is 2.39 bits per heavy atom. The third-order valence-corrected chi connectivity index (χ3v) is 6.28. The molecule has 1 atom stereocenters. The Balaban J connectivity index is 2.15. The average Bonchev–Trinajstić information content (AvgIpc) is 2.48. The van der Waals surface area contributed by atoms with Crippen molar-refractivity contribution in [2.45, 2.75) is 51.2 Å². The number of amides is 2. The van der Waals surface area contributed by atoms with Crippen LogP contribution in [-0.4, -0.2) is 38.3 Å². The Morgan fingerprint density at radius 2 is 1.78 bits per heavy atom. The second kappa shape index (κ2) is 6.29. The molecule has 1 aromatic rings. The zero-order chi connectivity index (χ0) is 17.4. The lowest BCUT2D eigenvalue weighted by molar-refractivity contribution is -0.134. The van der Waals surface area contributed by atoms with E-state index in [1.165, 1.54) is 4.90 Å². The smallest absolute Gasteiger partial charge is 0.260 e. The highest BCUT2D eigenvalue weighted by atomic mass is 32.2. The maximum atomic E-state index is 12.7. The molecule has 0 saturated heterocycles. The number of hydrogen-bond donors (Lipinski definition) is 0. The molecule has 23 heavy (non-hydrogen) atoms. The summed E-state index contributed by atoms with van der Waals surface area (Å²) in [6, 6.07) is 7.28. The van der Waals surface area contributed by atoms with Crippen LogP contribution >= 0.6 is 0 Å². The van der Waals surface area contributed by atoms with E-state index in [4.69, 9.17) is 0 Å². The standard InChI is InChI=1S/C18H25NO3S/c1-17(2,3)23(22)12-8-11-19-15(20)13-9-6-7-10-14(13)18(4,5)16(19)21/h6-7,9-10H,8,11-12H2,1-5H3. The summed E-state index contributed by atoms with van der Waals surface area (Å²) < 4.78 is 11.8. The number of nitrogens with zero attached hydrogens (tertiary/aromatic N) is 1. The third-order valence-electron chi connectivity index (χ3n) is 4.25. The van der Waals surface area contributed by atoms with Crippen LogP contribution in [0.3, 0.4) is 0 Å². The molecule has 1 aromatic carbocycles. The molecule has 0 radical (unpaired) electrons. The quantitative estimate of drug-likeness (QED) is 0.628. The SMILES string of the molecule is CC1(C)C(=O)N(CCC[S+]([O-])C(C)(C)C)C(=O)c2ccccc21. The van der Waals surface area contributed by atoms with E-state index < -0.39 is 16.6 Å². The molecule has 0 aromatic heterocycles. The van der Waals surface area contributed by atoms with Crippen molar-refractivity contribution in [3.63, 3.8) is 0 Å². The molecule has 0 saturated carbocycles. The van der Waals surface area contributed by atoms with Crippen molar-refractivity contribution < 1.29 is 14.1 Å². The average molecular weight is 335 g/mol. The zero-order valence-electron chi connectivity index (χ0n) is 14.5. The van der Waals surface area contributed by atoms with Crippen LogP contribution in [0.1, 0.15) is 57.0 Å². The molecule has 4 nitrogen and oxygen atoms in total. The first-order chi connectivity index (χ1) is 10.6. The molecular formula is C18H25NO3S. The van der Waals surface area contributed by atoms with Crippen molar-refractivity contribution >= 4 is 23.0 Å². The third kappa shape index (κ3) is 3.45. The number of imide groups is 1. The van der Waals surface area contributed by atoms with Gasteiger partial charge >= 0.3 is 0 Å². The zero-order valence-corrected chi connectivity index (χ0v) is 15.3. The summed E-state index contributed by atoms with van der Waals surface area (Å²) in [5.41, 5.74) is 0.659. The van der Waals surface area contributed by atoms with Crippen molar-refractivity contribution in [3.8, 4) is 0 Å². The first-order valence-corrected chi connectivity index (χ1v) is 9.23. The molecule has 1 aliphatic rings. The molecule has 5 heteroatoms. The molecule has 0 aliphatic carbocycles. The Morgan fingerprint density at radius 1 is 1.17 bits per heavy atom. The Kier molecular flexibility index (Phi) is 4.92. The molecule has 2 amide bonds. The molecule has 0 spiro atoms. The molecule has 2 rings (SSSR count). The van der Waals surface area contributed by atoms with Gasteiger partial charge in [-0.1, -0.05) is 18.2 Å². The van der Waals surface area contributed by atoms with Crippen LogP contribution in [0.15, 0.2) is 24.3 Å². The van der Waals surface area contributed by atoms with Crippen molar-refractivity contribution in [2.24, 2.45) is 0 Å². The summed E-state index contributed by atoms with van der Waals surface area (Å²) in [6.07, 6.45) is 0.555. The molecule has 126 valence electrons. The minimum absolute atomic E-state index is 0.178. The van der Waals surface area contributed by atoms with Crippen LogP contribution in [-0.2, 0) is 21.4 Å². The molecule has 1 aliphatic heterocycles. The first-order valence-electron chi connectivity index (χ1n) is 7.91. The minimum atomic E-state index is -0.978.